The van der Waals surface area contributed by atoms with Crippen molar-refractivity contribution in [2.24, 2.45) is 0 Å². The van der Waals surface area contributed by atoms with Crippen molar-refractivity contribution in [1.82, 2.24) is 19.7 Å². The van der Waals surface area contributed by atoms with Crippen LogP contribution < -0.4 is 4.74 Å². The normalized spacial score (nSPS) is 10.4. The molecule has 0 saturated carbocycles. The molecule has 0 radical (unpaired) electrons. The Morgan fingerprint density at radius 1 is 1.27 bits per heavy atom. The molecular formula is C14H11N5O3. The van der Waals surface area contributed by atoms with Crippen molar-refractivity contribution in [3.8, 4) is 17.3 Å². The van der Waals surface area contributed by atoms with Crippen molar-refractivity contribution in [2.75, 3.05) is 0 Å². The molecule has 0 fully saturated rings. The molecule has 3 rings (SSSR count). The molecule has 8 nitrogen and oxygen atoms in total. The molecule has 0 aliphatic rings. The quantitative estimate of drug-likeness (QED) is 0.542. The average Bonchev–Trinajstić information content (AvgIpc) is 3.02. The number of hydrogen-bond acceptors (Lipinski definition) is 6. The molecule has 110 valence electrons. The first-order valence-electron chi connectivity index (χ1n) is 6.37. The van der Waals surface area contributed by atoms with E-state index in [-0.39, 0.29) is 5.69 Å². The monoisotopic (exact) mass is 297 g/mol. The lowest BCUT2D eigenvalue weighted by Crippen LogP contribution is -1.96. The van der Waals surface area contributed by atoms with Gasteiger partial charge in [-0.25, -0.2) is 14.6 Å². The topological polar surface area (TPSA) is 96.0 Å². The first-order valence-corrected chi connectivity index (χ1v) is 6.37. The number of benzene rings is 1. The Hall–Kier alpha value is -3.29. The van der Waals surface area contributed by atoms with Crippen LogP contribution >= 0.6 is 0 Å². The molecule has 2 heterocycles. The lowest BCUT2D eigenvalue weighted by Gasteiger charge is -2.06. The third-order valence-electron chi connectivity index (χ3n) is 3.00. The van der Waals surface area contributed by atoms with Gasteiger partial charge in [0.15, 0.2) is 0 Å². The zero-order valence-electron chi connectivity index (χ0n) is 11.6. The van der Waals surface area contributed by atoms with Crippen molar-refractivity contribution >= 4 is 5.69 Å². The molecule has 2 aromatic heterocycles. The highest BCUT2D eigenvalue weighted by molar-refractivity contribution is 5.42. The first kappa shape index (κ1) is 13.7. The van der Waals surface area contributed by atoms with E-state index in [1.165, 1.54) is 18.6 Å². The van der Waals surface area contributed by atoms with Crippen LogP contribution in [0.2, 0.25) is 0 Å². The van der Waals surface area contributed by atoms with Crippen molar-refractivity contribution in [3.63, 3.8) is 0 Å². The second-order valence-corrected chi connectivity index (χ2v) is 4.50. The molecule has 0 aliphatic heterocycles. The summed E-state index contributed by atoms with van der Waals surface area (Å²) in [7, 11) is 0. The molecule has 8 heteroatoms. The number of ether oxygens (including phenoxy) is 1. The molecule has 1 aromatic carbocycles. The van der Waals surface area contributed by atoms with Crippen LogP contribution in [0.3, 0.4) is 0 Å². The van der Waals surface area contributed by atoms with Gasteiger partial charge < -0.3 is 4.74 Å². The third kappa shape index (κ3) is 2.75. The highest BCUT2D eigenvalue weighted by Gasteiger charge is 2.12. The fraction of sp³-hybridized carbons (Fsp3) is 0.0714. The minimum Gasteiger partial charge on any atom is -0.439 e. The van der Waals surface area contributed by atoms with Crippen LogP contribution in [0.5, 0.6) is 11.6 Å². The lowest BCUT2D eigenvalue weighted by atomic mass is 10.2. The van der Waals surface area contributed by atoms with Crippen LogP contribution in [-0.2, 0) is 0 Å². The van der Waals surface area contributed by atoms with E-state index in [9.17, 15) is 10.1 Å². The minimum absolute atomic E-state index is 0.0334. The fourth-order valence-corrected chi connectivity index (χ4v) is 1.90. The summed E-state index contributed by atoms with van der Waals surface area (Å²) in [6.07, 6.45) is 4.24. The maximum Gasteiger partial charge on any atom is 0.290 e. The van der Waals surface area contributed by atoms with Crippen molar-refractivity contribution in [2.45, 2.75) is 6.92 Å². The number of aromatic nitrogens is 4. The van der Waals surface area contributed by atoms with Crippen LogP contribution in [0.1, 0.15) is 5.56 Å². The Kier molecular flexibility index (Phi) is 3.48. The van der Waals surface area contributed by atoms with E-state index in [1.54, 1.807) is 30.1 Å². The zero-order chi connectivity index (χ0) is 15.5. The van der Waals surface area contributed by atoms with Gasteiger partial charge in [0.25, 0.3) is 5.69 Å². The van der Waals surface area contributed by atoms with E-state index in [0.717, 1.165) is 5.69 Å². The van der Waals surface area contributed by atoms with Crippen LogP contribution in [0.25, 0.3) is 5.69 Å². The molecule has 0 atom stereocenters. The summed E-state index contributed by atoms with van der Waals surface area (Å²) in [5, 5.41) is 14.8. The van der Waals surface area contributed by atoms with E-state index in [2.05, 4.69) is 15.1 Å². The maximum atomic E-state index is 10.8. The molecule has 0 saturated heterocycles. The van der Waals surface area contributed by atoms with Crippen LogP contribution in [-0.4, -0.2) is 24.7 Å². The standard InChI is InChI=1S/C14H11N5O3/c1-10-6-14(16-7-13(10)19(20)21)22-12-4-2-11(3-5-12)18-9-15-8-17-18/h2-9H,1H3. The Balaban J connectivity index is 1.79. The van der Waals surface area contributed by atoms with E-state index < -0.39 is 4.92 Å². The maximum absolute atomic E-state index is 10.8. The number of pyridine rings is 1. The summed E-state index contributed by atoms with van der Waals surface area (Å²) in [5.74, 6) is 0.876. The lowest BCUT2D eigenvalue weighted by molar-refractivity contribution is -0.385. The number of nitro groups is 1. The first-order chi connectivity index (χ1) is 10.6. The molecular weight excluding hydrogens is 286 g/mol. The highest BCUT2D eigenvalue weighted by atomic mass is 16.6. The van der Waals surface area contributed by atoms with E-state index in [1.807, 2.05) is 12.1 Å². The number of aryl methyl sites for hydroxylation is 1. The summed E-state index contributed by atoms with van der Waals surface area (Å²) >= 11 is 0. The summed E-state index contributed by atoms with van der Waals surface area (Å²) in [5.41, 5.74) is 1.31. The van der Waals surface area contributed by atoms with E-state index in [4.69, 9.17) is 4.74 Å². The largest absolute Gasteiger partial charge is 0.439 e. The van der Waals surface area contributed by atoms with Gasteiger partial charge in [0.05, 0.1) is 10.6 Å². The van der Waals surface area contributed by atoms with E-state index >= 15 is 0 Å². The molecule has 0 amide bonds. The van der Waals surface area contributed by atoms with Gasteiger partial charge in [-0.2, -0.15) is 5.10 Å². The molecule has 3 aromatic rings. The Labute approximate surface area is 125 Å². The van der Waals surface area contributed by atoms with Gasteiger partial charge in [-0.15, -0.1) is 0 Å². The van der Waals surface area contributed by atoms with Crippen molar-refractivity contribution in [3.05, 3.63) is 64.9 Å². The number of hydrogen-bond donors (Lipinski definition) is 0. The Bertz CT molecular complexity index is 800. The van der Waals surface area contributed by atoms with Gasteiger partial charge in [-0.3, -0.25) is 10.1 Å². The van der Waals surface area contributed by atoms with Gasteiger partial charge >= 0.3 is 0 Å². The predicted molar refractivity (Wildman–Crippen MR) is 77.1 cm³/mol. The molecule has 0 unspecified atom stereocenters. The number of nitrogens with zero attached hydrogens (tertiary/aromatic N) is 5. The second kappa shape index (κ2) is 5.60. The van der Waals surface area contributed by atoms with Gasteiger partial charge in [-0.05, 0) is 31.2 Å². The third-order valence-corrected chi connectivity index (χ3v) is 3.00. The molecule has 0 aliphatic carbocycles. The zero-order valence-corrected chi connectivity index (χ0v) is 11.6. The molecule has 0 N–H and O–H groups in total. The number of rotatable bonds is 4. The molecule has 22 heavy (non-hydrogen) atoms. The molecule has 0 bridgehead atoms. The summed E-state index contributed by atoms with van der Waals surface area (Å²) in [4.78, 5) is 18.1. The van der Waals surface area contributed by atoms with Gasteiger partial charge in [0.2, 0.25) is 5.88 Å². The Morgan fingerprint density at radius 2 is 2.05 bits per heavy atom. The van der Waals surface area contributed by atoms with Gasteiger partial charge in [0.1, 0.15) is 24.6 Å². The van der Waals surface area contributed by atoms with Crippen LogP contribution in [0.4, 0.5) is 5.69 Å². The second-order valence-electron chi connectivity index (χ2n) is 4.50. The molecule has 0 spiro atoms. The fourth-order valence-electron chi connectivity index (χ4n) is 1.90. The summed E-state index contributed by atoms with van der Waals surface area (Å²) in [6.45, 7) is 1.64. The smallest absolute Gasteiger partial charge is 0.290 e. The van der Waals surface area contributed by atoms with Gasteiger partial charge in [0, 0.05) is 11.6 Å². The highest BCUT2D eigenvalue weighted by Crippen LogP contribution is 2.25. The predicted octanol–water partition coefficient (Wildman–Crippen LogP) is 2.67. The average molecular weight is 297 g/mol. The van der Waals surface area contributed by atoms with Gasteiger partial charge in [-0.1, -0.05) is 0 Å². The summed E-state index contributed by atoms with van der Waals surface area (Å²) in [6, 6.07) is 8.69. The van der Waals surface area contributed by atoms with E-state index in [0.29, 0.717) is 17.2 Å². The Morgan fingerprint density at radius 3 is 2.64 bits per heavy atom. The summed E-state index contributed by atoms with van der Waals surface area (Å²) < 4.78 is 7.21. The SMILES string of the molecule is Cc1cc(Oc2ccc(-n3cncn3)cc2)ncc1[N+](=O)[O-]. The van der Waals surface area contributed by atoms with Crippen molar-refractivity contribution in [1.29, 1.82) is 0 Å². The van der Waals surface area contributed by atoms with Crippen molar-refractivity contribution < 1.29 is 9.66 Å². The minimum atomic E-state index is -0.473. The van der Waals surface area contributed by atoms with Crippen LogP contribution in [0, 0.1) is 17.0 Å². The van der Waals surface area contributed by atoms with Crippen LogP contribution in [0.15, 0.2) is 49.2 Å².